The number of carbonyl (C=O) groups excluding carboxylic acids is 1. The van der Waals surface area contributed by atoms with Gasteiger partial charge >= 0.3 is 0 Å². The third-order valence-electron chi connectivity index (χ3n) is 4.36. The van der Waals surface area contributed by atoms with E-state index in [1.54, 1.807) is 11.8 Å². The summed E-state index contributed by atoms with van der Waals surface area (Å²) in [6.45, 7) is 2.44. The predicted octanol–water partition coefficient (Wildman–Crippen LogP) is 1.81. The lowest BCUT2D eigenvalue weighted by Gasteiger charge is -2.17. The van der Waals surface area contributed by atoms with Gasteiger partial charge in [0.25, 0.3) is 0 Å². The molecule has 2 heterocycles. The van der Waals surface area contributed by atoms with E-state index < -0.39 is 0 Å². The molecule has 2 aromatic rings. The Kier molecular flexibility index (Phi) is 7.44. The SMILES string of the molecule is COCCOc1cccc(NC(=O)[C@H]2CNC[C@@H]2c2cnn(C)c2)c1.Cl. The van der Waals surface area contributed by atoms with Crippen LogP contribution >= 0.6 is 12.4 Å². The highest BCUT2D eigenvalue weighted by molar-refractivity contribution is 5.93. The highest BCUT2D eigenvalue weighted by Gasteiger charge is 2.34. The third-order valence-corrected chi connectivity index (χ3v) is 4.36. The van der Waals surface area contributed by atoms with E-state index >= 15 is 0 Å². The van der Waals surface area contributed by atoms with Crippen molar-refractivity contribution in [3.05, 3.63) is 42.2 Å². The van der Waals surface area contributed by atoms with Crippen LogP contribution < -0.4 is 15.4 Å². The molecule has 8 heteroatoms. The molecule has 2 N–H and O–H groups in total. The maximum absolute atomic E-state index is 12.7. The normalized spacial score (nSPS) is 19.0. The molecular formula is C18H25ClN4O3. The molecule has 1 aromatic heterocycles. The van der Waals surface area contributed by atoms with E-state index in [1.165, 1.54) is 0 Å². The first kappa shape index (κ1) is 20.2. The Morgan fingerprint density at radius 3 is 2.96 bits per heavy atom. The summed E-state index contributed by atoms with van der Waals surface area (Å²) in [5.74, 6) is 0.730. The van der Waals surface area contributed by atoms with Gasteiger partial charge < -0.3 is 20.1 Å². The van der Waals surface area contributed by atoms with E-state index in [4.69, 9.17) is 9.47 Å². The van der Waals surface area contributed by atoms with Gasteiger partial charge in [-0.25, -0.2) is 0 Å². The Morgan fingerprint density at radius 1 is 1.38 bits per heavy atom. The molecule has 0 bridgehead atoms. The number of anilines is 1. The van der Waals surface area contributed by atoms with Gasteiger partial charge in [-0.05, 0) is 17.7 Å². The van der Waals surface area contributed by atoms with E-state index in [-0.39, 0.29) is 30.2 Å². The Bertz CT molecular complexity index is 722. The van der Waals surface area contributed by atoms with Crippen LogP contribution in [0.25, 0.3) is 0 Å². The number of methoxy groups -OCH3 is 1. The zero-order valence-corrected chi connectivity index (χ0v) is 15.8. The summed E-state index contributed by atoms with van der Waals surface area (Å²) < 4.78 is 12.3. The number of hydrogen-bond acceptors (Lipinski definition) is 5. The number of halogens is 1. The van der Waals surface area contributed by atoms with Gasteiger partial charge in [-0.1, -0.05) is 6.07 Å². The van der Waals surface area contributed by atoms with Gasteiger partial charge in [-0.3, -0.25) is 9.48 Å². The summed E-state index contributed by atoms with van der Waals surface area (Å²) in [5.41, 5.74) is 1.82. The summed E-state index contributed by atoms with van der Waals surface area (Å²) in [7, 11) is 3.52. The lowest BCUT2D eigenvalue weighted by Crippen LogP contribution is -2.28. The van der Waals surface area contributed by atoms with Crippen molar-refractivity contribution in [1.82, 2.24) is 15.1 Å². The largest absolute Gasteiger partial charge is 0.491 e. The lowest BCUT2D eigenvalue weighted by molar-refractivity contribution is -0.119. The maximum atomic E-state index is 12.7. The maximum Gasteiger partial charge on any atom is 0.229 e. The van der Waals surface area contributed by atoms with Crippen molar-refractivity contribution < 1.29 is 14.3 Å². The molecular weight excluding hydrogens is 356 g/mol. The number of aryl methyl sites for hydroxylation is 1. The first-order chi connectivity index (χ1) is 12.2. The van der Waals surface area contributed by atoms with Gasteiger partial charge in [-0.2, -0.15) is 5.10 Å². The van der Waals surface area contributed by atoms with Crippen molar-refractivity contribution in [2.75, 3.05) is 38.7 Å². The van der Waals surface area contributed by atoms with Crippen LogP contribution in [0.15, 0.2) is 36.7 Å². The van der Waals surface area contributed by atoms with Gasteiger partial charge in [0.1, 0.15) is 12.4 Å². The zero-order valence-electron chi connectivity index (χ0n) is 15.0. The Morgan fingerprint density at radius 2 is 2.23 bits per heavy atom. The van der Waals surface area contributed by atoms with E-state index in [0.29, 0.717) is 25.5 Å². The van der Waals surface area contributed by atoms with E-state index in [9.17, 15) is 4.79 Å². The average molecular weight is 381 g/mol. The smallest absolute Gasteiger partial charge is 0.229 e. The van der Waals surface area contributed by atoms with Gasteiger partial charge in [0.2, 0.25) is 5.91 Å². The molecule has 1 aromatic carbocycles. The first-order valence-electron chi connectivity index (χ1n) is 8.39. The van der Waals surface area contributed by atoms with Crippen LogP contribution in [-0.2, 0) is 16.6 Å². The van der Waals surface area contributed by atoms with Crippen molar-refractivity contribution >= 4 is 24.0 Å². The number of nitrogens with one attached hydrogen (secondary N) is 2. The number of carbonyl (C=O) groups is 1. The van der Waals surface area contributed by atoms with Crippen molar-refractivity contribution in [2.24, 2.45) is 13.0 Å². The van der Waals surface area contributed by atoms with Crippen LogP contribution in [0.5, 0.6) is 5.75 Å². The summed E-state index contributed by atoms with van der Waals surface area (Å²) >= 11 is 0. The number of aromatic nitrogens is 2. The third kappa shape index (κ3) is 4.97. The number of amides is 1. The molecule has 1 amide bonds. The molecule has 0 unspecified atom stereocenters. The van der Waals surface area contributed by atoms with Crippen molar-refractivity contribution in [2.45, 2.75) is 5.92 Å². The van der Waals surface area contributed by atoms with E-state index in [1.807, 2.05) is 43.7 Å². The molecule has 7 nitrogen and oxygen atoms in total. The minimum absolute atomic E-state index is 0. The minimum atomic E-state index is -0.123. The summed E-state index contributed by atoms with van der Waals surface area (Å²) in [6, 6.07) is 7.42. The molecule has 1 saturated heterocycles. The second kappa shape index (κ2) is 9.56. The van der Waals surface area contributed by atoms with Gasteiger partial charge in [0, 0.05) is 51.1 Å². The molecule has 3 rings (SSSR count). The van der Waals surface area contributed by atoms with Crippen LogP contribution in [-0.4, -0.2) is 49.1 Å². The first-order valence-corrected chi connectivity index (χ1v) is 8.39. The zero-order chi connectivity index (χ0) is 17.6. The summed E-state index contributed by atoms with van der Waals surface area (Å²) in [5, 5.41) is 10.5. The Hall–Kier alpha value is -2.09. The topological polar surface area (TPSA) is 77.4 Å². The highest BCUT2D eigenvalue weighted by Crippen LogP contribution is 2.29. The van der Waals surface area contributed by atoms with Crippen LogP contribution in [0.4, 0.5) is 5.69 Å². The molecule has 0 radical (unpaired) electrons. The molecule has 0 saturated carbocycles. The quantitative estimate of drug-likeness (QED) is 0.716. The van der Waals surface area contributed by atoms with Gasteiger partial charge in [0.15, 0.2) is 0 Å². The van der Waals surface area contributed by atoms with Crippen LogP contribution in [0, 0.1) is 5.92 Å². The van der Waals surface area contributed by atoms with Crippen molar-refractivity contribution in [3.8, 4) is 5.75 Å². The Labute approximate surface area is 159 Å². The number of rotatable bonds is 7. The van der Waals surface area contributed by atoms with Crippen molar-refractivity contribution in [3.63, 3.8) is 0 Å². The second-order valence-electron chi connectivity index (χ2n) is 6.18. The fourth-order valence-corrected chi connectivity index (χ4v) is 3.08. The predicted molar refractivity (Wildman–Crippen MR) is 102 cm³/mol. The molecule has 1 aliphatic heterocycles. The van der Waals surface area contributed by atoms with Crippen molar-refractivity contribution in [1.29, 1.82) is 0 Å². The fraction of sp³-hybridized carbons (Fsp3) is 0.444. The standard InChI is InChI=1S/C18H24N4O3.ClH/c1-22-12-13(9-20-22)16-10-19-11-17(16)18(23)21-14-4-3-5-15(8-14)25-7-6-24-2;/h3-5,8-9,12,16-17,19H,6-7,10-11H2,1-2H3,(H,21,23);1H/t16-,17+;/m1./s1. The number of benzene rings is 1. The summed E-state index contributed by atoms with van der Waals surface area (Å²) in [4.78, 5) is 12.7. The number of nitrogens with zero attached hydrogens (tertiary/aromatic N) is 2. The van der Waals surface area contributed by atoms with Crippen LogP contribution in [0.1, 0.15) is 11.5 Å². The van der Waals surface area contributed by atoms with Crippen LogP contribution in [0.3, 0.4) is 0 Å². The second-order valence-corrected chi connectivity index (χ2v) is 6.18. The number of hydrogen-bond donors (Lipinski definition) is 2. The molecule has 0 aliphatic carbocycles. The monoisotopic (exact) mass is 380 g/mol. The Balaban J connectivity index is 0.00000243. The molecule has 26 heavy (non-hydrogen) atoms. The molecule has 2 atom stereocenters. The summed E-state index contributed by atoms with van der Waals surface area (Å²) in [6.07, 6.45) is 3.81. The minimum Gasteiger partial charge on any atom is -0.491 e. The van der Waals surface area contributed by atoms with Gasteiger partial charge in [-0.15, -0.1) is 12.4 Å². The van der Waals surface area contributed by atoms with Gasteiger partial charge in [0.05, 0.1) is 18.7 Å². The molecule has 1 fully saturated rings. The highest BCUT2D eigenvalue weighted by atomic mass is 35.5. The van der Waals surface area contributed by atoms with E-state index in [0.717, 1.165) is 17.8 Å². The average Bonchev–Trinajstić information content (AvgIpc) is 3.24. The van der Waals surface area contributed by atoms with E-state index in [2.05, 4.69) is 15.7 Å². The van der Waals surface area contributed by atoms with Crippen LogP contribution in [0.2, 0.25) is 0 Å². The number of ether oxygens (including phenoxy) is 2. The lowest BCUT2D eigenvalue weighted by atomic mass is 9.90. The molecule has 142 valence electrons. The molecule has 1 aliphatic rings. The fourth-order valence-electron chi connectivity index (χ4n) is 3.08. The molecule has 0 spiro atoms.